The number of rotatable bonds is 12. The van der Waals surface area contributed by atoms with E-state index in [0.717, 1.165) is 24.2 Å². The predicted octanol–water partition coefficient (Wildman–Crippen LogP) is 4.86. The predicted molar refractivity (Wildman–Crippen MR) is 98.4 cm³/mol. The largest absolute Gasteiger partial charge is 0.440 e. The van der Waals surface area contributed by atoms with Crippen molar-refractivity contribution in [2.75, 3.05) is 18.1 Å². The summed E-state index contributed by atoms with van der Waals surface area (Å²) in [7, 11) is -3.64. The number of benzene rings is 1. The lowest BCUT2D eigenvalue weighted by atomic mass is 10.3. The molecule has 1 rings (SSSR count). The normalized spacial score (nSPS) is 14.1. The number of hydrogen-bond donors (Lipinski definition) is 0. The molecule has 138 valence electrons. The van der Waals surface area contributed by atoms with Crippen molar-refractivity contribution in [3.8, 4) is 11.5 Å². The fourth-order valence-corrected chi connectivity index (χ4v) is 6.24. The van der Waals surface area contributed by atoms with Gasteiger partial charge in [-0.2, -0.15) is 8.42 Å². The van der Waals surface area contributed by atoms with Crippen molar-refractivity contribution in [1.29, 1.82) is 0 Å². The van der Waals surface area contributed by atoms with Crippen LogP contribution in [0.4, 0.5) is 0 Å². The van der Waals surface area contributed by atoms with Gasteiger partial charge in [0.1, 0.15) is 11.5 Å². The highest BCUT2D eigenvalue weighted by molar-refractivity contribution is 8.55. The molecule has 0 heterocycles. The molecule has 0 saturated carbocycles. The monoisotopic (exact) mass is 396 g/mol. The van der Waals surface area contributed by atoms with Crippen LogP contribution in [0.15, 0.2) is 24.3 Å². The van der Waals surface area contributed by atoms with Crippen LogP contribution < -0.4 is 8.71 Å². The third-order valence-corrected chi connectivity index (χ3v) is 7.92. The fraction of sp³-hybridized carbons (Fsp3) is 0.600. The first-order chi connectivity index (χ1) is 11.3. The van der Waals surface area contributed by atoms with Crippen molar-refractivity contribution in [2.24, 2.45) is 0 Å². The second kappa shape index (κ2) is 10.3. The molecule has 0 aliphatic carbocycles. The van der Waals surface area contributed by atoms with Gasteiger partial charge in [-0.3, -0.25) is 4.52 Å². The van der Waals surface area contributed by atoms with Crippen molar-refractivity contribution >= 4 is 28.3 Å². The van der Waals surface area contributed by atoms with E-state index in [0.29, 0.717) is 12.2 Å². The first kappa shape index (κ1) is 21.4. The lowest BCUT2D eigenvalue weighted by Crippen LogP contribution is -2.13. The Labute approximate surface area is 148 Å². The molecule has 0 aliphatic rings. The Hall–Kier alpha value is -0.690. The summed E-state index contributed by atoms with van der Waals surface area (Å²) in [6, 6.07) is 6.09. The zero-order chi connectivity index (χ0) is 18.1. The van der Waals surface area contributed by atoms with Gasteiger partial charge in [-0.15, -0.1) is 0 Å². The van der Waals surface area contributed by atoms with Crippen molar-refractivity contribution in [3.05, 3.63) is 24.3 Å². The summed E-state index contributed by atoms with van der Waals surface area (Å²) < 4.78 is 52.2. The number of hydrogen-bond acceptors (Lipinski definition) is 7. The van der Waals surface area contributed by atoms with E-state index in [9.17, 15) is 13.0 Å². The van der Waals surface area contributed by atoms with Crippen LogP contribution in [-0.2, 0) is 19.2 Å². The van der Waals surface area contributed by atoms with Gasteiger partial charge in [0.05, 0.1) is 12.4 Å². The molecule has 0 fully saturated rings. The van der Waals surface area contributed by atoms with E-state index in [1.807, 2.05) is 13.8 Å². The Bertz CT molecular complexity index is 647. The average molecular weight is 396 g/mol. The summed E-state index contributed by atoms with van der Waals surface area (Å²) >= 11 is 1.13. The lowest BCUT2D eigenvalue weighted by Gasteiger charge is -2.17. The van der Waals surface area contributed by atoms with Gasteiger partial charge in [-0.1, -0.05) is 26.3 Å². The first-order valence-corrected chi connectivity index (χ1v) is 12.7. The second-order valence-corrected chi connectivity index (χ2v) is 10.8. The van der Waals surface area contributed by atoms with Gasteiger partial charge >= 0.3 is 16.9 Å². The molecule has 0 aromatic heterocycles. The molecule has 0 radical (unpaired) electrons. The lowest BCUT2D eigenvalue weighted by molar-refractivity contribution is 0.296. The van der Waals surface area contributed by atoms with E-state index in [-0.39, 0.29) is 23.9 Å². The maximum Gasteiger partial charge on any atom is 0.440 e. The second-order valence-electron chi connectivity index (χ2n) is 4.96. The maximum absolute atomic E-state index is 12.6. The molecule has 0 N–H and O–H groups in total. The van der Waals surface area contributed by atoms with Crippen LogP contribution in [0, 0.1) is 0 Å². The topological polar surface area (TPSA) is 78.9 Å². The third kappa shape index (κ3) is 7.92. The van der Waals surface area contributed by atoms with E-state index in [2.05, 4.69) is 0 Å². The minimum absolute atomic E-state index is 0.0433. The Morgan fingerprint density at radius 3 is 2.46 bits per heavy atom. The Morgan fingerprint density at radius 1 is 1.12 bits per heavy atom. The van der Waals surface area contributed by atoms with E-state index in [4.69, 9.17) is 13.2 Å². The summed E-state index contributed by atoms with van der Waals surface area (Å²) in [5.74, 6) is 0.975. The molecule has 1 aromatic carbocycles. The van der Waals surface area contributed by atoms with Gasteiger partial charge in [0.25, 0.3) is 0 Å². The molecule has 0 spiro atoms. The summed E-state index contributed by atoms with van der Waals surface area (Å²) in [6.45, 7) is 2.54. The highest BCUT2D eigenvalue weighted by Crippen LogP contribution is 2.60. The molecule has 6 nitrogen and oxygen atoms in total. The molecule has 24 heavy (non-hydrogen) atoms. The fourth-order valence-electron chi connectivity index (χ4n) is 1.67. The molecule has 0 bridgehead atoms. The minimum atomic E-state index is -3.64. The Kier molecular flexibility index (Phi) is 9.19. The van der Waals surface area contributed by atoms with Crippen molar-refractivity contribution < 1.29 is 26.2 Å². The van der Waals surface area contributed by atoms with Crippen molar-refractivity contribution in [3.63, 3.8) is 0 Å². The van der Waals surface area contributed by atoms with Crippen molar-refractivity contribution in [2.45, 2.75) is 40.0 Å². The summed E-state index contributed by atoms with van der Waals surface area (Å²) in [5.41, 5.74) is 0. The van der Waals surface area contributed by atoms with Gasteiger partial charge in [-0.25, -0.2) is 4.57 Å². The molecule has 0 saturated heterocycles. The summed E-state index contributed by atoms with van der Waals surface area (Å²) in [5, 5.41) is 0. The Morgan fingerprint density at radius 2 is 1.83 bits per heavy atom. The van der Waals surface area contributed by atoms with Gasteiger partial charge in [0, 0.05) is 11.8 Å². The average Bonchev–Trinajstić information content (AvgIpc) is 2.51. The van der Waals surface area contributed by atoms with Crippen LogP contribution in [0.2, 0.25) is 0 Å². The van der Waals surface area contributed by atoms with Crippen LogP contribution in [0.5, 0.6) is 11.5 Å². The van der Waals surface area contributed by atoms with Gasteiger partial charge in [-0.05, 0) is 43.3 Å². The smallest absolute Gasteiger partial charge is 0.417 e. The van der Waals surface area contributed by atoms with Crippen molar-refractivity contribution in [1.82, 2.24) is 0 Å². The highest BCUT2D eigenvalue weighted by Gasteiger charge is 2.26. The van der Waals surface area contributed by atoms with Gasteiger partial charge < -0.3 is 8.71 Å². The molecule has 1 unspecified atom stereocenters. The molecule has 9 heteroatoms. The molecule has 0 aliphatic heterocycles. The molecule has 1 atom stereocenters. The SMILES string of the molecule is CCCCS(=O)(=O)Oc1cccc(OP(=O)(OCC)SCCC)c1. The Balaban J connectivity index is 2.85. The molecule has 0 amide bonds. The highest BCUT2D eigenvalue weighted by atomic mass is 32.7. The van der Waals surface area contributed by atoms with Gasteiger partial charge in [0.15, 0.2) is 0 Å². The third-order valence-electron chi connectivity index (χ3n) is 2.73. The maximum atomic E-state index is 12.6. The van der Waals surface area contributed by atoms with Crippen LogP contribution >= 0.6 is 18.2 Å². The summed E-state index contributed by atoms with van der Waals surface area (Å²) in [4.78, 5) is 0. The minimum Gasteiger partial charge on any atom is -0.417 e. The van der Waals surface area contributed by atoms with E-state index in [1.54, 1.807) is 19.1 Å². The quantitative estimate of drug-likeness (QED) is 0.369. The van der Waals surface area contributed by atoms with E-state index >= 15 is 0 Å². The number of unbranched alkanes of at least 4 members (excludes halogenated alkanes) is 1. The van der Waals surface area contributed by atoms with E-state index in [1.165, 1.54) is 12.1 Å². The van der Waals surface area contributed by atoms with Crippen LogP contribution in [0.1, 0.15) is 40.0 Å². The zero-order valence-electron chi connectivity index (χ0n) is 14.3. The van der Waals surface area contributed by atoms with E-state index < -0.39 is 16.9 Å². The molecule has 1 aromatic rings. The standard InChI is InChI=1S/C15H25O6PS2/c1-4-7-12-24(17,18)21-15-10-8-9-14(13-15)20-22(16,19-6-3)23-11-5-2/h8-10,13H,4-7,11-12H2,1-3H3. The molecular weight excluding hydrogens is 371 g/mol. The van der Waals surface area contributed by atoms with Crippen LogP contribution in [0.25, 0.3) is 0 Å². The zero-order valence-corrected chi connectivity index (χ0v) is 16.8. The van der Waals surface area contributed by atoms with Gasteiger partial charge in [0.2, 0.25) is 0 Å². The summed E-state index contributed by atoms with van der Waals surface area (Å²) in [6.07, 6.45) is 2.13. The molecular formula is C15H25O6PS2. The first-order valence-electron chi connectivity index (χ1n) is 7.95. The van der Waals surface area contributed by atoms with Crippen LogP contribution in [0.3, 0.4) is 0 Å². The van der Waals surface area contributed by atoms with Crippen LogP contribution in [-0.4, -0.2) is 26.5 Å².